The van der Waals surface area contributed by atoms with Crippen molar-refractivity contribution < 1.29 is 8.76 Å². The molecule has 0 saturated carbocycles. The van der Waals surface area contributed by atoms with Crippen LogP contribution in [-0.2, 0) is 11.1 Å². The zero-order valence-corrected chi connectivity index (χ0v) is 10.7. The van der Waals surface area contributed by atoms with Crippen LogP contribution in [0, 0.1) is 5.92 Å². The molecule has 0 spiro atoms. The summed E-state index contributed by atoms with van der Waals surface area (Å²) < 4.78 is 16.6. The van der Waals surface area contributed by atoms with Gasteiger partial charge in [0.25, 0.3) is 0 Å². The standard InChI is InChI=1S/C7H15N.C2H6.CH4O2S/c1-2-7-3-5-8-6-4-7;1-2;1-4(2)3/h7-8H,2-6H2,1H3;1-2H3;1H3,(H,2,3). The van der Waals surface area contributed by atoms with Crippen LogP contribution in [0.3, 0.4) is 0 Å². The highest BCUT2D eigenvalue weighted by Crippen LogP contribution is 2.13. The second-order valence-electron chi connectivity index (χ2n) is 3.03. The average Bonchev–Trinajstić information content (AvgIpc) is 2.21. The van der Waals surface area contributed by atoms with E-state index < -0.39 is 11.1 Å². The molecular weight excluding hydrogens is 198 g/mol. The predicted octanol–water partition coefficient (Wildman–Crippen LogP) is 2.26. The maximum atomic E-state index is 9.11. The van der Waals surface area contributed by atoms with Gasteiger partial charge in [0.15, 0.2) is 0 Å². The van der Waals surface area contributed by atoms with Gasteiger partial charge in [-0.3, -0.25) is 0 Å². The first-order valence-corrected chi connectivity index (χ1v) is 6.91. The van der Waals surface area contributed by atoms with Crippen LogP contribution in [0.25, 0.3) is 0 Å². The molecule has 4 heteroatoms. The Morgan fingerprint density at radius 2 is 1.71 bits per heavy atom. The van der Waals surface area contributed by atoms with E-state index in [2.05, 4.69) is 12.2 Å². The van der Waals surface area contributed by atoms with Gasteiger partial charge in [-0.2, -0.15) is 0 Å². The van der Waals surface area contributed by atoms with E-state index in [9.17, 15) is 0 Å². The highest BCUT2D eigenvalue weighted by atomic mass is 32.2. The van der Waals surface area contributed by atoms with Crippen LogP contribution in [0.5, 0.6) is 0 Å². The molecule has 1 heterocycles. The Balaban J connectivity index is 0. The van der Waals surface area contributed by atoms with E-state index in [0.29, 0.717) is 0 Å². The van der Waals surface area contributed by atoms with Crippen molar-refractivity contribution in [3.8, 4) is 0 Å². The van der Waals surface area contributed by atoms with Crippen molar-refractivity contribution in [3.05, 3.63) is 0 Å². The predicted molar refractivity (Wildman–Crippen MR) is 63.9 cm³/mol. The minimum Gasteiger partial charge on any atom is -0.317 e. The van der Waals surface area contributed by atoms with Crippen molar-refractivity contribution in [1.29, 1.82) is 0 Å². The van der Waals surface area contributed by atoms with Crippen molar-refractivity contribution in [2.75, 3.05) is 19.3 Å². The molecule has 1 fully saturated rings. The lowest BCUT2D eigenvalue weighted by atomic mass is 9.96. The first-order valence-electron chi connectivity index (χ1n) is 5.40. The van der Waals surface area contributed by atoms with E-state index in [1.54, 1.807) is 0 Å². The molecule has 3 nitrogen and oxygen atoms in total. The molecule has 0 aliphatic carbocycles. The second kappa shape index (κ2) is 13.1. The molecule has 0 bridgehead atoms. The molecule has 1 aliphatic heterocycles. The molecule has 1 unspecified atom stereocenters. The fraction of sp³-hybridized carbons (Fsp3) is 1.00. The van der Waals surface area contributed by atoms with Gasteiger partial charge in [-0.05, 0) is 31.8 Å². The Kier molecular flexibility index (Phi) is 15.4. The average molecular weight is 223 g/mol. The van der Waals surface area contributed by atoms with Crippen LogP contribution in [0.4, 0.5) is 0 Å². The number of hydrogen-bond acceptors (Lipinski definition) is 2. The SMILES string of the molecule is CC.CCC1CCNCC1.CS(=O)O. The summed E-state index contributed by atoms with van der Waals surface area (Å²) in [5, 5.41) is 3.35. The number of hydrogen-bond donors (Lipinski definition) is 2. The first-order chi connectivity index (χ1) is 6.66. The van der Waals surface area contributed by atoms with Crippen molar-refractivity contribution in [2.24, 2.45) is 5.92 Å². The maximum absolute atomic E-state index is 9.11. The normalized spacial score (nSPS) is 18.4. The Morgan fingerprint density at radius 1 is 1.36 bits per heavy atom. The minimum atomic E-state index is -1.61. The van der Waals surface area contributed by atoms with Crippen LogP contribution in [0.1, 0.15) is 40.0 Å². The smallest absolute Gasteiger partial charge is 0.149 e. The number of rotatable bonds is 1. The van der Waals surface area contributed by atoms with E-state index in [0.717, 1.165) is 5.92 Å². The Labute approximate surface area is 91.0 Å². The second-order valence-corrected chi connectivity index (χ2v) is 3.87. The fourth-order valence-corrected chi connectivity index (χ4v) is 1.29. The van der Waals surface area contributed by atoms with Crippen molar-refractivity contribution in [1.82, 2.24) is 5.32 Å². The number of nitrogens with one attached hydrogen (secondary N) is 1. The maximum Gasteiger partial charge on any atom is 0.149 e. The molecule has 88 valence electrons. The van der Waals surface area contributed by atoms with Gasteiger partial charge < -0.3 is 9.87 Å². The summed E-state index contributed by atoms with van der Waals surface area (Å²) in [4.78, 5) is 0. The molecule has 0 radical (unpaired) electrons. The molecule has 1 aliphatic rings. The van der Waals surface area contributed by atoms with E-state index in [-0.39, 0.29) is 0 Å². The van der Waals surface area contributed by atoms with Gasteiger partial charge in [-0.1, -0.05) is 27.2 Å². The van der Waals surface area contributed by atoms with E-state index >= 15 is 0 Å². The third-order valence-electron chi connectivity index (χ3n) is 2.04. The zero-order chi connectivity index (χ0) is 11.4. The summed E-state index contributed by atoms with van der Waals surface area (Å²) in [6.45, 7) is 8.78. The summed E-state index contributed by atoms with van der Waals surface area (Å²) >= 11 is -1.61. The van der Waals surface area contributed by atoms with Crippen molar-refractivity contribution >= 4 is 11.1 Å². The molecule has 0 amide bonds. The highest BCUT2D eigenvalue weighted by Gasteiger charge is 2.08. The molecule has 14 heavy (non-hydrogen) atoms. The largest absolute Gasteiger partial charge is 0.317 e. The van der Waals surface area contributed by atoms with Crippen LogP contribution in [0.15, 0.2) is 0 Å². The third-order valence-corrected chi connectivity index (χ3v) is 2.04. The number of piperidine rings is 1. The molecule has 1 atom stereocenters. The van der Waals surface area contributed by atoms with Gasteiger partial charge in [0.1, 0.15) is 11.1 Å². The molecule has 2 N–H and O–H groups in total. The van der Waals surface area contributed by atoms with Gasteiger partial charge in [0.05, 0.1) is 0 Å². The Hall–Kier alpha value is 0.0700. The van der Waals surface area contributed by atoms with Crippen LogP contribution in [-0.4, -0.2) is 28.1 Å². The summed E-state index contributed by atoms with van der Waals surface area (Å²) in [5.74, 6) is 1.02. The van der Waals surface area contributed by atoms with Crippen molar-refractivity contribution in [2.45, 2.75) is 40.0 Å². The lowest BCUT2D eigenvalue weighted by Gasteiger charge is -2.20. The third kappa shape index (κ3) is 14.6. The van der Waals surface area contributed by atoms with Gasteiger partial charge in [0, 0.05) is 6.26 Å². The van der Waals surface area contributed by atoms with E-state index in [1.165, 1.54) is 38.6 Å². The van der Waals surface area contributed by atoms with Crippen LogP contribution >= 0.6 is 0 Å². The first kappa shape index (κ1) is 16.5. The Morgan fingerprint density at radius 3 is 1.93 bits per heavy atom. The van der Waals surface area contributed by atoms with Gasteiger partial charge in [0.2, 0.25) is 0 Å². The molecule has 0 aromatic heterocycles. The van der Waals surface area contributed by atoms with Crippen LogP contribution in [0.2, 0.25) is 0 Å². The molecular formula is C10H25NO2S. The zero-order valence-electron chi connectivity index (χ0n) is 9.88. The lowest BCUT2D eigenvalue weighted by molar-refractivity contribution is 0.365. The topological polar surface area (TPSA) is 49.3 Å². The fourth-order valence-electron chi connectivity index (χ4n) is 1.29. The summed E-state index contributed by atoms with van der Waals surface area (Å²) in [6, 6.07) is 0. The van der Waals surface area contributed by atoms with Gasteiger partial charge in [-0.25, -0.2) is 4.21 Å². The molecule has 1 rings (SSSR count). The lowest BCUT2D eigenvalue weighted by Crippen LogP contribution is -2.27. The van der Waals surface area contributed by atoms with E-state index in [1.807, 2.05) is 13.8 Å². The Bertz CT molecular complexity index is 121. The molecule has 0 aromatic rings. The van der Waals surface area contributed by atoms with Crippen molar-refractivity contribution in [3.63, 3.8) is 0 Å². The van der Waals surface area contributed by atoms with Gasteiger partial charge >= 0.3 is 0 Å². The quantitative estimate of drug-likeness (QED) is 0.670. The highest BCUT2D eigenvalue weighted by molar-refractivity contribution is 7.78. The molecule has 1 saturated heterocycles. The monoisotopic (exact) mass is 223 g/mol. The summed E-state index contributed by atoms with van der Waals surface area (Å²) in [5.41, 5.74) is 0. The van der Waals surface area contributed by atoms with E-state index in [4.69, 9.17) is 8.76 Å². The minimum absolute atomic E-state index is 1.02. The summed E-state index contributed by atoms with van der Waals surface area (Å²) in [7, 11) is 0. The summed E-state index contributed by atoms with van der Waals surface area (Å²) in [6.07, 6.45) is 5.37. The van der Waals surface area contributed by atoms with Gasteiger partial charge in [-0.15, -0.1) is 0 Å². The molecule has 0 aromatic carbocycles. The van der Waals surface area contributed by atoms with Crippen LogP contribution < -0.4 is 5.32 Å².